The molecule has 0 aliphatic carbocycles. The minimum Gasteiger partial charge on any atom is -0.348 e. The number of nitrogens with zero attached hydrogens (tertiary/aromatic N) is 2. The van der Waals surface area contributed by atoms with Crippen LogP contribution in [0.1, 0.15) is 21.5 Å². The molecule has 0 aliphatic heterocycles. The Kier molecular flexibility index (Phi) is 5.91. The Morgan fingerprint density at radius 3 is 2.53 bits per heavy atom. The molecule has 30 heavy (non-hydrogen) atoms. The Bertz CT molecular complexity index is 1140. The van der Waals surface area contributed by atoms with Gasteiger partial charge in [0, 0.05) is 18.9 Å². The van der Waals surface area contributed by atoms with Crippen LogP contribution in [0.25, 0.3) is 11.1 Å². The normalized spacial score (nSPS) is 10.7. The summed E-state index contributed by atoms with van der Waals surface area (Å²) in [6.45, 7) is 0.961. The maximum absolute atomic E-state index is 14.0. The van der Waals surface area contributed by atoms with Gasteiger partial charge in [-0.2, -0.15) is 5.10 Å². The molecular formula is C24H19ClFN3O. The second-order valence-corrected chi connectivity index (χ2v) is 7.24. The Morgan fingerprint density at radius 1 is 1.00 bits per heavy atom. The Morgan fingerprint density at radius 2 is 1.80 bits per heavy atom. The molecule has 6 heteroatoms. The minimum atomic E-state index is -0.638. The van der Waals surface area contributed by atoms with E-state index in [-0.39, 0.29) is 17.1 Å². The molecule has 0 radical (unpaired) electrons. The topological polar surface area (TPSA) is 46.9 Å². The van der Waals surface area contributed by atoms with Crippen LogP contribution < -0.4 is 5.32 Å². The van der Waals surface area contributed by atoms with Crippen LogP contribution in [0, 0.1) is 5.82 Å². The van der Waals surface area contributed by atoms with E-state index in [0.29, 0.717) is 6.54 Å². The van der Waals surface area contributed by atoms with Crippen LogP contribution in [0.5, 0.6) is 0 Å². The van der Waals surface area contributed by atoms with Gasteiger partial charge in [0.25, 0.3) is 5.91 Å². The van der Waals surface area contributed by atoms with Crippen LogP contribution in [0.3, 0.4) is 0 Å². The lowest BCUT2D eigenvalue weighted by Crippen LogP contribution is -2.24. The van der Waals surface area contributed by atoms with Gasteiger partial charge in [0.15, 0.2) is 0 Å². The van der Waals surface area contributed by atoms with E-state index < -0.39 is 11.7 Å². The Hall–Kier alpha value is -3.44. The summed E-state index contributed by atoms with van der Waals surface area (Å²) in [6, 6.07) is 22.1. The lowest BCUT2D eigenvalue weighted by Gasteiger charge is -2.12. The van der Waals surface area contributed by atoms with Crippen molar-refractivity contribution < 1.29 is 9.18 Å². The predicted octanol–water partition coefficient (Wildman–Crippen LogP) is 5.32. The maximum atomic E-state index is 14.0. The fourth-order valence-corrected chi connectivity index (χ4v) is 3.55. The van der Waals surface area contributed by atoms with Gasteiger partial charge in [-0.3, -0.25) is 9.48 Å². The molecule has 0 saturated carbocycles. The van der Waals surface area contributed by atoms with E-state index in [1.54, 1.807) is 6.20 Å². The molecule has 4 rings (SSSR count). The van der Waals surface area contributed by atoms with Gasteiger partial charge in [-0.1, -0.05) is 66.2 Å². The molecule has 1 amide bonds. The van der Waals surface area contributed by atoms with Crippen molar-refractivity contribution in [2.75, 3.05) is 0 Å². The molecule has 1 aromatic heterocycles. The van der Waals surface area contributed by atoms with Crippen molar-refractivity contribution in [1.82, 2.24) is 15.1 Å². The summed E-state index contributed by atoms with van der Waals surface area (Å²) < 4.78 is 15.9. The number of carbonyl (C=O) groups excluding carboxylic acids is 1. The number of hydrogen-bond acceptors (Lipinski definition) is 2. The predicted molar refractivity (Wildman–Crippen MR) is 116 cm³/mol. The summed E-state index contributed by atoms with van der Waals surface area (Å²) in [7, 11) is 0. The zero-order chi connectivity index (χ0) is 20.9. The number of benzene rings is 3. The summed E-state index contributed by atoms with van der Waals surface area (Å²) in [6.07, 6.45) is 3.68. The molecule has 0 spiro atoms. The van der Waals surface area contributed by atoms with Crippen LogP contribution in [0.2, 0.25) is 5.02 Å². The average Bonchev–Trinajstić information content (AvgIpc) is 3.26. The maximum Gasteiger partial charge on any atom is 0.256 e. The SMILES string of the molecule is O=C(NCc1ccccc1-c1ccc(Cn2cccn2)cc1)c1c(F)cccc1Cl. The monoisotopic (exact) mass is 419 g/mol. The first-order chi connectivity index (χ1) is 14.6. The van der Waals surface area contributed by atoms with Gasteiger partial charge >= 0.3 is 0 Å². The van der Waals surface area contributed by atoms with Gasteiger partial charge in [-0.05, 0) is 40.5 Å². The number of nitrogens with one attached hydrogen (secondary N) is 1. The highest BCUT2D eigenvalue weighted by Gasteiger charge is 2.16. The quantitative estimate of drug-likeness (QED) is 0.459. The molecule has 4 nitrogen and oxygen atoms in total. The fraction of sp³-hybridized carbons (Fsp3) is 0.0833. The Balaban J connectivity index is 1.51. The second-order valence-electron chi connectivity index (χ2n) is 6.84. The van der Waals surface area contributed by atoms with Crippen molar-refractivity contribution >= 4 is 17.5 Å². The third-order valence-electron chi connectivity index (χ3n) is 4.82. The highest BCUT2D eigenvalue weighted by Crippen LogP contribution is 2.25. The van der Waals surface area contributed by atoms with Crippen molar-refractivity contribution in [2.24, 2.45) is 0 Å². The average molecular weight is 420 g/mol. The highest BCUT2D eigenvalue weighted by atomic mass is 35.5. The number of amides is 1. The number of halogens is 2. The fourth-order valence-electron chi connectivity index (χ4n) is 3.31. The first-order valence-electron chi connectivity index (χ1n) is 9.48. The molecule has 1 N–H and O–H groups in total. The standard InChI is InChI=1S/C24H19ClFN3O/c25-21-7-3-8-22(26)23(21)24(30)27-15-19-5-1-2-6-20(19)18-11-9-17(10-12-18)16-29-14-4-13-28-29/h1-14H,15-16H2,(H,27,30). The molecule has 0 atom stereocenters. The molecular weight excluding hydrogens is 401 g/mol. The number of carbonyl (C=O) groups is 1. The zero-order valence-electron chi connectivity index (χ0n) is 16.1. The molecule has 0 saturated heterocycles. The van der Waals surface area contributed by atoms with E-state index in [4.69, 9.17) is 11.6 Å². The smallest absolute Gasteiger partial charge is 0.256 e. The molecule has 0 bridgehead atoms. The summed E-state index contributed by atoms with van der Waals surface area (Å²) in [5.74, 6) is -1.18. The molecule has 1 heterocycles. The molecule has 150 valence electrons. The third kappa shape index (κ3) is 4.42. The molecule has 4 aromatic rings. The first-order valence-corrected chi connectivity index (χ1v) is 9.86. The van der Waals surface area contributed by atoms with E-state index in [0.717, 1.165) is 22.3 Å². The van der Waals surface area contributed by atoms with E-state index in [2.05, 4.69) is 22.5 Å². The van der Waals surface area contributed by atoms with Crippen LogP contribution >= 0.6 is 11.6 Å². The zero-order valence-corrected chi connectivity index (χ0v) is 16.8. The summed E-state index contributed by atoms with van der Waals surface area (Å²) in [5.41, 5.74) is 3.97. The number of rotatable bonds is 6. The van der Waals surface area contributed by atoms with Gasteiger partial charge in [0.2, 0.25) is 0 Å². The van der Waals surface area contributed by atoms with Crippen molar-refractivity contribution in [3.05, 3.63) is 113 Å². The summed E-state index contributed by atoms with van der Waals surface area (Å²) >= 11 is 5.99. The largest absolute Gasteiger partial charge is 0.348 e. The second kappa shape index (κ2) is 8.93. The van der Waals surface area contributed by atoms with Crippen molar-refractivity contribution in [3.63, 3.8) is 0 Å². The summed E-state index contributed by atoms with van der Waals surface area (Å²) in [5, 5.41) is 7.09. The van der Waals surface area contributed by atoms with E-state index in [9.17, 15) is 9.18 Å². The van der Waals surface area contributed by atoms with Crippen molar-refractivity contribution in [1.29, 1.82) is 0 Å². The van der Waals surface area contributed by atoms with Gasteiger partial charge in [-0.15, -0.1) is 0 Å². The highest BCUT2D eigenvalue weighted by molar-refractivity contribution is 6.33. The van der Waals surface area contributed by atoms with Crippen LogP contribution in [-0.4, -0.2) is 15.7 Å². The van der Waals surface area contributed by atoms with Gasteiger partial charge in [0.1, 0.15) is 5.82 Å². The minimum absolute atomic E-state index is 0.0913. The van der Waals surface area contributed by atoms with E-state index >= 15 is 0 Å². The molecule has 0 unspecified atom stereocenters. The number of hydrogen-bond donors (Lipinski definition) is 1. The van der Waals surface area contributed by atoms with E-state index in [1.165, 1.54) is 18.2 Å². The van der Waals surface area contributed by atoms with Crippen LogP contribution in [0.15, 0.2) is 85.2 Å². The van der Waals surface area contributed by atoms with Gasteiger partial charge < -0.3 is 5.32 Å². The summed E-state index contributed by atoms with van der Waals surface area (Å²) in [4.78, 5) is 12.5. The van der Waals surface area contributed by atoms with Crippen molar-refractivity contribution in [3.8, 4) is 11.1 Å². The van der Waals surface area contributed by atoms with E-state index in [1.807, 2.05) is 53.3 Å². The van der Waals surface area contributed by atoms with Crippen molar-refractivity contribution in [2.45, 2.75) is 13.1 Å². The molecule has 0 aliphatic rings. The molecule has 0 fully saturated rings. The van der Waals surface area contributed by atoms with Gasteiger partial charge in [0.05, 0.1) is 17.1 Å². The number of aromatic nitrogens is 2. The first kappa shape index (κ1) is 19.9. The van der Waals surface area contributed by atoms with Crippen LogP contribution in [-0.2, 0) is 13.1 Å². The lowest BCUT2D eigenvalue weighted by molar-refractivity contribution is 0.0947. The van der Waals surface area contributed by atoms with Crippen LogP contribution in [0.4, 0.5) is 4.39 Å². The molecule has 3 aromatic carbocycles. The third-order valence-corrected chi connectivity index (χ3v) is 5.13. The Labute approximate surface area is 178 Å². The van der Waals surface area contributed by atoms with Gasteiger partial charge in [-0.25, -0.2) is 4.39 Å². The lowest BCUT2D eigenvalue weighted by atomic mass is 9.98.